The Morgan fingerprint density at radius 3 is 2.37 bits per heavy atom. The molecule has 1 aromatic carbocycles. The van der Waals surface area contributed by atoms with Gasteiger partial charge in [0.05, 0.1) is 5.69 Å². The van der Waals surface area contributed by atoms with Gasteiger partial charge in [-0.3, -0.25) is 0 Å². The Bertz CT molecular complexity index is 596. The van der Waals surface area contributed by atoms with Gasteiger partial charge in [-0.2, -0.15) is 0 Å². The van der Waals surface area contributed by atoms with Crippen molar-refractivity contribution in [2.45, 2.75) is 32.1 Å². The van der Waals surface area contributed by atoms with Crippen molar-refractivity contribution in [1.29, 1.82) is 0 Å². The smallest absolute Gasteiger partial charge is 0.244 e. The normalized spacial score (nSPS) is 22.8. The monoisotopic (exact) mass is 282 g/mol. The number of nitrogens with two attached hydrogens (primary N) is 1. The molecule has 0 aromatic heterocycles. The Morgan fingerprint density at radius 2 is 1.84 bits per heavy atom. The lowest BCUT2D eigenvalue weighted by atomic mass is 10.1. The molecule has 1 aliphatic carbocycles. The van der Waals surface area contributed by atoms with E-state index in [0.717, 1.165) is 17.5 Å². The minimum atomic E-state index is -3.48. The predicted molar refractivity (Wildman–Crippen MR) is 77.4 cm³/mol. The lowest BCUT2D eigenvalue weighted by Crippen LogP contribution is -2.30. The second-order valence-electron chi connectivity index (χ2n) is 5.73. The molecule has 1 saturated carbocycles. The highest BCUT2D eigenvalue weighted by atomic mass is 32.2. The molecule has 2 unspecified atom stereocenters. The molecular formula is C14H22N2O2S. The maximum absolute atomic E-state index is 12.5. The van der Waals surface area contributed by atoms with E-state index in [1.807, 2.05) is 13.8 Å². The molecule has 19 heavy (non-hydrogen) atoms. The zero-order chi connectivity index (χ0) is 14.4. The number of hydrogen-bond acceptors (Lipinski definition) is 3. The zero-order valence-electron chi connectivity index (χ0n) is 12.0. The Balaban J connectivity index is 2.31. The quantitative estimate of drug-likeness (QED) is 0.861. The molecule has 2 rings (SSSR count). The van der Waals surface area contributed by atoms with Crippen LogP contribution in [0.5, 0.6) is 0 Å². The minimum absolute atomic E-state index is 0.228. The summed E-state index contributed by atoms with van der Waals surface area (Å²) in [5.41, 5.74) is 8.17. The van der Waals surface area contributed by atoms with Gasteiger partial charge >= 0.3 is 0 Å². The van der Waals surface area contributed by atoms with Crippen molar-refractivity contribution >= 4 is 15.7 Å². The standard InChI is InChI=1S/C14H22N2O2S/c1-9-6-13(15)14(7-10(9)2)19(17,18)16(4)8-12-5-11(12)3/h6-7,11-12H,5,8,15H2,1-4H3. The van der Waals surface area contributed by atoms with Gasteiger partial charge in [0.15, 0.2) is 0 Å². The summed E-state index contributed by atoms with van der Waals surface area (Å²) < 4.78 is 26.5. The van der Waals surface area contributed by atoms with Crippen molar-refractivity contribution in [3.8, 4) is 0 Å². The van der Waals surface area contributed by atoms with E-state index in [4.69, 9.17) is 5.73 Å². The molecule has 0 amide bonds. The van der Waals surface area contributed by atoms with Gasteiger partial charge < -0.3 is 5.73 Å². The number of hydrogen-bond donors (Lipinski definition) is 1. The summed E-state index contributed by atoms with van der Waals surface area (Å²) in [4.78, 5) is 0.228. The Kier molecular flexibility index (Phi) is 3.62. The molecule has 2 N–H and O–H groups in total. The first kappa shape index (κ1) is 14.3. The highest BCUT2D eigenvalue weighted by Gasteiger charge is 2.36. The van der Waals surface area contributed by atoms with Crippen molar-refractivity contribution in [2.24, 2.45) is 11.8 Å². The van der Waals surface area contributed by atoms with Crippen LogP contribution in [0.25, 0.3) is 0 Å². The van der Waals surface area contributed by atoms with Crippen molar-refractivity contribution in [3.05, 3.63) is 23.3 Å². The first-order chi connectivity index (χ1) is 8.73. The SMILES string of the molecule is Cc1cc(N)c(S(=O)(=O)N(C)CC2CC2C)cc1C. The third-order valence-corrected chi connectivity index (χ3v) is 5.96. The summed E-state index contributed by atoms with van der Waals surface area (Å²) in [7, 11) is -1.85. The number of sulfonamides is 1. The van der Waals surface area contributed by atoms with E-state index in [2.05, 4.69) is 6.92 Å². The fourth-order valence-corrected chi connectivity index (χ4v) is 3.69. The van der Waals surface area contributed by atoms with Gasteiger partial charge in [0.1, 0.15) is 4.90 Å². The second-order valence-corrected chi connectivity index (χ2v) is 7.75. The van der Waals surface area contributed by atoms with E-state index in [0.29, 0.717) is 24.1 Å². The van der Waals surface area contributed by atoms with Crippen molar-refractivity contribution in [1.82, 2.24) is 4.31 Å². The average Bonchev–Trinajstić information content (AvgIpc) is 2.99. The molecule has 106 valence electrons. The van der Waals surface area contributed by atoms with Crippen molar-refractivity contribution < 1.29 is 8.42 Å². The average molecular weight is 282 g/mol. The van der Waals surface area contributed by atoms with Gasteiger partial charge in [-0.1, -0.05) is 6.92 Å². The van der Waals surface area contributed by atoms with E-state index >= 15 is 0 Å². The Labute approximate surface area is 115 Å². The molecule has 0 bridgehead atoms. The highest BCUT2D eigenvalue weighted by Crippen LogP contribution is 2.39. The minimum Gasteiger partial charge on any atom is -0.398 e. The fraction of sp³-hybridized carbons (Fsp3) is 0.571. The molecule has 1 aromatic rings. The molecule has 0 saturated heterocycles. The van der Waals surface area contributed by atoms with Crippen LogP contribution in [0.3, 0.4) is 0 Å². The van der Waals surface area contributed by atoms with Crippen molar-refractivity contribution in [3.63, 3.8) is 0 Å². The van der Waals surface area contributed by atoms with E-state index in [-0.39, 0.29) is 4.90 Å². The maximum Gasteiger partial charge on any atom is 0.244 e. The number of benzene rings is 1. The first-order valence-corrected chi connectivity index (χ1v) is 8.00. The first-order valence-electron chi connectivity index (χ1n) is 6.56. The van der Waals surface area contributed by atoms with Crippen molar-refractivity contribution in [2.75, 3.05) is 19.3 Å². The second kappa shape index (κ2) is 4.80. The maximum atomic E-state index is 12.5. The van der Waals surface area contributed by atoms with Crippen LogP contribution in [0, 0.1) is 25.7 Å². The van der Waals surface area contributed by atoms with Crippen LogP contribution in [0.4, 0.5) is 5.69 Å². The number of nitrogens with zero attached hydrogens (tertiary/aromatic N) is 1. The summed E-state index contributed by atoms with van der Waals surface area (Å²) >= 11 is 0. The predicted octanol–water partition coefficient (Wildman–Crippen LogP) is 2.16. The topological polar surface area (TPSA) is 63.4 Å². The van der Waals surface area contributed by atoms with Gasteiger partial charge in [-0.25, -0.2) is 12.7 Å². The molecule has 1 aliphatic rings. The van der Waals surface area contributed by atoms with Crippen LogP contribution in [-0.4, -0.2) is 26.3 Å². The molecule has 2 atom stereocenters. The molecule has 5 heteroatoms. The molecular weight excluding hydrogens is 260 g/mol. The summed E-state index contributed by atoms with van der Waals surface area (Å²) in [5.74, 6) is 1.13. The third-order valence-electron chi connectivity index (χ3n) is 4.08. The van der Waals surface area contributed by atoms with Gasteiger partial charge in [0.2, 0.25) is 10.0 Å². The molecule has 0 heterocycles. The number of anilines is 1. The molecule has 0 aliphatic heterocycles. The molecule has 4 nitrogen and oxygen atoms in total. The zero-order valence-corrected chi connectivity index (χ0v) is 12.8. The van der Waals surface area contributed by atoms with E-state index in [1.54, 1.807) is 19.2 Å². The number of aryl methyl sites for hydroxylation is 2. The van der Waals surface area contributed by atoms with Gasteiger partial charge in [0.25, 0.3) is 0 Å². The summed E-state index contributed by atoms with van der Waals surface area (Å²) in [6.45, 7) is 6.56. The number of nitrogen functional groups attached to an aromatic ring is 1. The fourth-order valence-electron chi connectivity index (χ4n) is 2.29. The van der Waals surface area contributed by atoms with Crippen LogP contribution in [0.1, 0.15) is 24.5 Å². The van der Waals surface area contributed by atoms with Crippen LogP contribution in [0.2, 0.25) is 0 Å². The Morgan fingerprint density at radius 1 is 1.32 bits per heavy atom. The summed E-state index contributed by atoms with van der Waals surface area (Å²) in [5, 5.41) is 0. The van der Waals surface area contributed by atoms with Gasteiger partial charge in [-0.05, 0) is 55.4 Å². The van der Waals surface area contributed by atoms with Crippen LogP contribution >= 0.6 is 0 Å². The highest BCUT2D eigenvalue weighted by molar-refractivity contribution is 7.89. The van der Waals surface area contributed by atoms with Gasteiger partial charge in [-0.15, -0.1) is 0 Å². The largest absolute Gasteiger partial charge is 0.398 e. The lowest BCUT2D eigenvalue weighted by Gasteiger charge is -2.19. The lowest BCUT2D eigenvalue weighted by molar-refractivity contribution is 0.445. The van der Waals surface area contributed by atoms with E-state index in [9.17, 15) is 8.42 Å². The van der Waals surface area contributed by atoms with Crippen LogP contribution < -0.4 is 5.73 Å². The van der Waals surface area contributed by atoms with Crippen LogP contribution in [-0.2, 0) is 10.0 Å². The Hall–Kier alpha value is -1.07. The van der Waals surface area contributed by atoms with Gasteiger partial charge in [0, 0.05) is 13.6 Å². The van der Waals surface area contributed by atoms with Crippen LogP contribution in [0.15, 0.2) is 17.0 Å². The summed E-state index contributed by atoms with van der Waals surface area (Å²) in [6, 6.07) is 3.41. The van der Waals surface area contributed by atoms with E-state index < -0.39 is 10.0 Å². The van der Waals surface area contributed by atoms with E-state index in [1.165, 1.54) is 4.31 Å². The number of rotatable bonds is 4. The molecule has 0 radical (unpaired) electrons. The third kappa shape index (κ3) is 2.77. The molecule has 1 fully saturated rings. The molecule has 0 spiro atoms. The summed E-state index contributed by atoms with van der Waals surface area (Å²) in [6.07, 6.45) is 1.11.